The zero-order valence-corrected chi connectivity index (χ0v) is 22.2. The van der Waals surface area contributed by atoms with Crippen LogP contribution in [0.5, 0.6) is 0 Å². The van der Waals surface area contributed by atoms with E-state index < -0.39 is 29.3 Å². The van der Waals surface area contributed by atoms with Crippen LogP contribution in [-0.4, -0.2) is 68.0 Å². The number of nitrogens with one attached hydrogen (secondary N) is 2. The molecule has 1 amide bonds. The largest absolute Gasteiger partial charge is 0.416 e. The van der Waals surface area contributed by atoms with E-state index in [-0.39, 0.29) is 22.7 Å². The Balaban J connectivity index is 1.63. The van der Waals surface area contributed by atoms with Crippen LogP contribution >= 0.6 is 0 Å². The highest BCUT2D eigenvalue weighted by molar-refractivity contribution is 5.99. The van der Waals surface area contributed by atoms with Gasteiger partial charge in [-0.3, -0.25) is 9.59 Å². The molecule has 0 saturated carbocycles. The van der Waals surface area contributed by atoms with Gasteiger partial charge >= 0.3 is 6.18 Å². The summed E-state index contributed by atoms with van der Waals surface area (Å²) in [5.74, 6) is -0.491. The Bertz CT molecular complexity index is 1220. The number of carbonyl (C=O) groups is 1. The molecule has 2 N–H and O–H groups in total. The molecule has 2 aliphatic rings. The number of pyridine rings is 1. The highest BCUT2D eigenvalue weighted by Crippen LogP contribution is 2.34. The number of halogens is 3. The monoisotopic (exact) mass is 536 g/mol. The highest BCUT2D eigenvalue weighted by Gasteiger charge is 2.41. The summed E-state index contributed by atoms with van der Waals surface area (Å²) in [6, 6.07) is 4.55. The lowest BCUT2D eigenvalue weighted by Gasteiger charge is -2.47. The second-order valence-corrected chi connectivity index (χ2v) is 10.3. The molecule has 2 fully saturated rings. The molecule has 1 aromatic heterocycles. The Morgan fingerprint density at radius 3 is 2.55 bits per heavy atom. The Morgan fingerprint density at radius 1 is 1.26 bits per heavy atom. The third-order valence-electron chi connectivity index (χ3n) is 7.55. The summed E-state index contributed by atoms with van der Waals surface area (Å²) in [5, 5.41) is 6.08. The van der Waals surface area contributed by atoms with Gasteiger partial charge in [0.25, 0.3) is 11.5 Å². The average Bonchev–Trinajstić information content (AvgIpc) is 2.85. The van der Waals surface area contributed by atoms with Crippen molar-refractivity contribution in [1.29, 1.82) is 0 Å². The third kappa shape index (κ3) is 5.89. The average molecular weight is 537 g/mol. The number of methoxy groups -OCH3 is 1. The van der Waals surface area contributed by atoms with Crippen LogP contribution in [0.1, 0.15) is 58.9 Å². The Labute approximate surface area is 220 Å². The first-order valence-corrected chi connectivity index (χ1v) is 12.7. The maximum atomic E-state index is 13.6. The lowest BCUT2D eigenvalue weighted by Crippen LogP contribution is -2.64. The molecule has 2 saturated heterocycles. The zero-order valence-electron chi connectivity index (χ0n) is 22.2. The molecule has 0 bridgehead atoms. The van der Waals surface area contributed by atoms with Crippen LogP contribution in [0.4, 0.5) is 18.9 Å². The summed E-state index contributed by atoms with van der Waals surface area (Å²) in [4.78, 5) is 28.7. The van der Waals surface area contributed by atoms with E-state index in [4.69, 9.17) is 9.47 Å². The Morgan fingerprint density at radius 2 is 1.95 bits per heavy atom. The van der Waals surface area contributed by atoms with Crippen molar-refractivity contribution in [3.8, 4) is 0 Å². The van der Waals surface area contributed by atoms with Crippen LogP contribution in [0.15, 0.2) is 35.3 Å². The summed E-state index contributed by atoms with van der Waals surface area (Å²) in [7, 11) is 3.60. The summed E-state index contributed by atoms with van der Waals surface area (Å²) < 4.78 is 53.0. The smallest absolute Gasteiger partial charge is 0.381 e. The quantitative estimate of drug-likeness (QED) is 0.535. The summed E-state index contributed by atoms with van der Waals surface area (Å²) in [6.45, 7) is 5.87. The van der Waals surface area contributed by atoms with Crippen molar-refractivity contribution in [2.24, 2.45) is 0 Å². The molecule has 1 aromatic carbocycles. The van der Waals surface area contributed by atoms with Crippen LogP contribution in [0, 0.1) is 6.92 Å². The van der Waals surface area contributed by atoms with E-state index in [2.05, 4.69) is 15.5 Å². The first-order chi connectivity index (χ1) is 17.9. The van der Waals surface area contributed by atoms with E-state index in [0.29, 0.717) is 56.9 Å². The predicted octanol–water partition coefficient (Wildman–Crippen LogP) is 3.76. The van der Waals surface area contributed by atoms with Crippen LogP contribution in [0.25, 0.3) is 0 Å². The first-order valence-electron chi connectivity index (χ1n) is 12.7. The molecule has 38 heavy (non-hydrogen) atoms. The Hall–Kier alpha value is -2.89. The minimum atomic E-state index is -4.49. The third-order valence-corrected chi connectivity index (χ3v) is 7.55. The van der Waals surface area contributed by atoms with Gasteiger partial charge in [-0.25, -0.2) is 0 Å². The van der Waals surface area contributed by atoms with Crippen LogP contribution < -0.4 is 16.2 Å². The van der Waals surface area contributed by atoms with Crippen molar-refractivity contribution in [1.82, 2.24) is 14.8 Å². The summed E-state index contributed by atoms with van der Waals surface area (Å²) >= 11 is 0. The number of hydrogen-bond donors (Lipinski definition) is 2. The number of ether oxygens (including phenoxy) is 2. The predicted molar refractivity (Wildman–Crippen MR) is 138 cm³/mol. The second kappa shape index (κ2) is 11.1. The standard InChI is InChI=1S/C27H35F3N4O4/c1-17-20(6-5-7-22(17)27(28,29)30)18(2)32-25(36)21-13-34(19-8-10-38-11-9-19)24(35)12-23(21)31-14-26(37-4)15-33(3)16-26/h5-7,12-13,18-19,31H,8-11,14-16H2,1-4H3,(H,32,36)/t18-/m1/s1. The molecule has 4 rings (SSSR count). The molecule has 11 heteroatoms. The van der Waals surface area contributed by atoms with E-state index in [1.54, 1.807) is 30.9 Å². The molecule has 8 nitrogen and oxygen atoms in total. The lowest BCUT2D eigenvalue weighted by atomic mass is 9.94. The SMILES string of the molecule is COC1(CNc2cc(=O)n(C3CCOCC3)cc2C(=O)N[C@H](C)c2cccc(C(F)(F)F)c2C)CN(C)C1. The Kier molecular flexibility index (Phi) is 8.20. The maximum absolute atomic E-state index is 13.6. The van der Waals surface area contributed by atoms with Gasteiger partial charge < -0.3 is 29.6 Å². The summed E-state index contributed by atoms with van der Waals surface area (Å²) in [6.07, 6.45) is -1.65. The molecule has 0 radical (unpaired) electrons. The molecule has 2 aliphatic heterocycles. The molecular formula is C27H35F3N4O4. The second-order valence-electron chi connectivity index (χ2n) is 10.3. The number of amides is 1. The van der Waals surface area contributed by atoms with E-state index in [0.717, 1.165) is 6.07 Å². The number of carbonyl (C=O) groups excluding carboxylic acids is 1. The van der Waals surface area contributed by atoms with Gasteiger partial charge in [0.05, 0.1) is 22.9 Å². The fraction of sp³-hybridized carbons (Fsp3) is 0.556. The van der Waals surface area contributed by atoms with Gasteiger partial charge in [-0.1, -0.05) is 12.1 Å². The minimum absolute atomic E-state index is 0.0643. The summed E-state index contributed by atoms with van der Waals surface area (Å²) in [5.41, 5.74) is -0.385. The van der Waals surface area contributed by atoms with Crippen molar-refractivity contribution in [2.45, 2.75) is 50.6 Å². The van der Waals surface area contributed by atoms with Gasteiger partial charge in [0.1, 0.15) is 5.60 Å². The van der Waals surface area contributed by atoms with E-state index in [1.807, 2.05) is 7.05 Å². The topological polar surface area (TPSA) is 84.8 Å². The van der Waals surface area contributed by atoms with Crippen LogP contribution in [0.2, 0.25) is 0 Å². The highest BCUT2D eigenvalue weighted by atomic mass is 19.4. The first kappa shape index (κ1) is 28.1. The number of anilines is 1. The molecule has 0 unspecified atom stereocenters. The number of likely N-dealkylation sites (N-methyl/N-ethyl adjacent to an activating group) is 1. The van der Waals surface area contributed by atoms with E-state index >= 15 is 0 Å². The van der Waals surface area contributed by atoms with Gasteiger partial charge in [0.2, 0.25) is 0 Å². The van der Waals surface area contributed by atoms with Crippen molar-refractivity contribution in [3.05, 3.63) is 63.1 Å². The molecule has 2 aromatic rings. The lowest BCUT2D eigenvalue weighted by molar-refractivity contribution is -0.138. The molecule has 0 spiro atoms. The number of alkyl halides is 3. The maximum Gasteiger partial charge on any atom is 0.416 e. The van der Waals surface area contributed by atoms with Crippen molar-refractivity contribution in [2.75, 3.05) is 52.3 Å². The number of likely N-dealkylation sites (tertiary alicyclic amines) is 1. The number of aromatic nitrogens is 1. The molecule has 3 heterocycles. The number of rotatable bonds is 8. The van der Waals surface area contributed by atoms with E-state index in [1.165, 1.54) is 19.1 Å². The molecule has 208 valence electrons. The normalized spacial score (nSPS) is 19.0. The van der Waals surface area contributed by atoms with Crippen molar-refractivity contribution < 1.29 is 27.4 Å². The number of hydrogen-bond acceptors (Lipinski definition) is 6. The van der Waals surface area contributed by atoms with E-state index in [9.17, 15) is 22.8 Å². The fourth-order valence-electron chi connectivity index (χ4n) is 5.41. The van der Waals surface area contributed by atoms with Gasteiger partial charge in [-0.2, -0.15) is 13.2 Å². The molecular weight excluding hydrogens is 501 g/mol. The number of benzene rings is 1. The minimum Gasteiger partial charge on any atom is -0.381 e. The molecule has 1 atom stereocenters. The van der Waals surface area contributed by atoms with Crippen LogP contribution in [-0.2, 0) is 15.7 Å². The van der Waals surface area contributed by atoms with Crippen LogP contribution in [0.3, 0.4) is 0 Å². The number of nitrogens with zero attached hydrogens (tertiary/aromatic N) is 2. The van der Waals surface area contributed by atoms with Crippen molar-refractivity contribution >= 4 is 11.6 Å². The van der Waals surface area contributed by atoms with Gasteiger partial charge in [-0.05, 0) is 50.9 Å². The van der Waals surface area contributed by atoms with Gasteiger partial charge in [0.15, 0.2) is 0 Å². The zero-order chi connectivity index (χ0) is 27.7. The molecule has 0 aliphatic carbocycles. The van der Waals surface area contributed by atoms with Gasteiger partial charge in [0, 0.05) is 58.3 Å². The van der Waals surface area contributed by atoms with Gasteiger partial charge in [-0.15, -0.1) is 0 Å². The van der Waals surface area contributed by atoms with Crippen molar-refractivity contribution in [3.63, 3.8) is 0 Å². The fourth-order valence-corrected chi connectivity index (χ4v) is 5.41.